The van der Waals surface area contributed by atoms with Gasteiger partial charge in [-0.2, -0.15) is 0 Å². The number of carboxylic acids is 1. The molecule has 0 spiro atoms. The Morgan fingerprint density at radius 3 is 2.75 bits per heavy atom. The third-order valence-electron chi connectivity index (χ3n) is 3.08. The minimum Gasteiger partial charge on any atom is -0.508 e. The lowest BCUT2D eigenvalue weighted by Crippen LogP contribution is -2.07. The molecule has 1 atom stereocenters. The maximum absolute atomic E-state index is 10.8. The van der Waals surface area contributed by atoms with Crippen molar-refractivity contribution in [1.29, 1.82) is 0 Å². The predicted octanol–water partition coefficient (Wildman–Crippen LogP) is 2.75. The summed E-state index contributed by atoms with van der Waals surface area (Å²) in [6.45, 7) is 0. The van der Waals surface area contributed by atoms with E-state index in [1.807, 2.05) is 6.07 Å². The fraction of sp³-hybridized carbons (Fsp3) is 0.462. The minimum absolute atomic E-state index is 0.0390. The lowest BCUT2D eigenvalue weighted by Gasteiger charge is -2.15. The van der Waals surface area contributed by atoms with Crippen molar-refractivity contribution in [2.75, 3.05) is 0 Å². The number of aliphatic carboxylic acids is 1. The van der Waals surface area contributed by atoms with Gasteiger partial charge in [0.1, 0.15) is 5.75 Å². The molecule has 1 aliphatic rings. The quantitative estimate of drug-likeness (QED) is 0.802. The van der Waals surface area contributed by atoms with E-state index in [0.717, 1.165) is 12.0 Å². The van der Waals surface area contributed by atoms with Gasteiger partial charge in [0.15, 0.2) is 0 Å². The van der Waals surface area contributed by atoms with Crippen molar-refractivity contribution < 1.29 is 15.0 Å². The zero-order valence-corrected chi connectivity index (χ0v) is 9.10. The van der Waals surface area contributed by atoms with E-state index in [-0.39, 0.29) is 18.1 Å². The number of hydrogen-bond donors (Lipinski definition) is 2. The van der Waals surface area contributed by atoms with Gasteiger partial charge in [-0.3, -0.25) is 4.79 Å². The maximum Gasteiger partial charge on any atom is 0.303 e. The molecule has 2 N–H and O–H groups in total. The summed E-state index contributed by atoms with van der Waals surface area (Å²) in [4.78, 5) is 10.8. The van der Waals surface area contributed by atoms with Crippen molar-refractivity contribution in [2.45, 2.75) is 31.6 Å². The van der Waals surface area contributed by atoms with Crippen LogP contribution in [-0.4, -0.2) is 16.2 Å². The molecule has 1 fully saturated rings. The van der Waals surface area contributed by atoms with Crippen molar-refractivity contribution >= 4 is 5.97 Å². The highest BCUT2D eigenvalue weighted by Crippen LogP contribution is 2.40. The highest BCUT2D eigenvalue weighted by Gasteiger charge is 2.27. The van der Waals surface area contributed by atoms with Crippen LogP contribution in [0.4, 0.5) is 0 Å². The third-order valence-corrected chi connectivity index (χ3v) is 3.08. The smallest absolute Gasteiger partial charge is 0.303 e. The molecule has 16 heavy (non-hydrogen) atoms. The Labute approximate surface area is 94.7 Å². The van der Waals surface area contributed by atoms with Crippen LogP contribution in [0.25, 0.3) is 0 Å². The largest absolute Gasteiger partial charge is 0.508 e. The Morgan fingerprint density at radius 1 is 1.44 bits per heavy atom. The molecule has 0 heterocycles. The fourth-order valence-corrected chi connectivity index (χ4v) is 2.08. The molecule has 1 aromatic rings. The Hall–Kier alpha value is -1.51. The lowest BCUT2D eigenvalue weighted by molar-refractivity contribution is -0.137. The monoisotopic (exact) mass is 220 g/mol. The maximum atomic E-state index is 10.8. The third kappa shape index (κ3) is 2.99. The summed E-state index contributed by atoms with van der Waals surface area (Å²) in [5.74, 6) is 0.168. The van der Waals surface area contributed by atoms with E-state index in [9.17, 15) is 9.90 Å². The van der Waals surface area contributed by atoms with E-state index in [1.165, 1.54) is 12.8 Å². The SMILES string of the molecule is O=C(O)CC(CC1CC1)c1cccc(O)c1. The standard InChI is InChI=1S/C13H16O3/c14-12-3-1-2-10(7-12)11(8-13(15)16)6-9-4-5-9/h1-3,7,9,11,14H,4-6,8H2,(H,15,16). The van der Waals surface area contributed by atoms with Gasteiger partial charge in [0.2, 0.25) is 0 Å². The number of benzene rings is 1. The molecule has 1 saturated carbocycles. The van der Waals surface area contributed by atoms with E-state index < -0.39 is 5.97 Å². The molecule has 86 valence electrons. The Balaban J connectivity index is 2.12. The predicted molar refractivity (Wildman–Crippen MR) is 60.4 cm³/mol. The van der Waals surface area contributed by atoms with E-state index >= 15 is 0 Å². The van der Waals surface area contributed by atoms with Gasteiger partial charge in [0.05, 0.1) is 6.42 Å². The molecule has 2 rings (SSSR count). The summed E-state index contributed by atoms with van der Waals surface area (Å²) in [7, 11) is 0. The van der Waals surface area contributed by atoms with Crippen LogP contribution in [0.5, 0.6) is 5.75 Å². The Bertz CT molecular complexity index is 383. The first-order valence-corrected chi connectivity index (χ1v) is 5.66. The van der Waals surface area contributed by atoms with Gasteiger partial charge in [0, 0.05) is 0 Å². The molecule has 3 heteroatoms. The van der Waals surface area contributed by atoms with Crippen molar-refractivity contribution in [3.63, 3.8) is 0 Å². The Kier molecular flexibility index (Phi) is 3.13. The van der Waals surface area contributed by atoms with Crippen molar-refractivity contribution in [2.24, 2.45) is 5.92 Å². The van der Waals surface area contributed by atoms with Crippen LogP contribution < -0.4 is 0 Å². The van der Waals surface area contributed by atoms with Gasteiger partial charge in [-0.15, -0.1) is 0 Å². The van der Waals surface area contributed by atoms with E-state index in [2.05, 4.69) is 0 Å². The van der Waals surface area contributed by atoms with Gasteiger partial charge in [-0.1, -0.05) is 25.0 Å². The summed E-state index contributed by atoms with van der Waals surface area (Å²) < 4.78 is 0. The zero-order valence-electron chi connectivity index (χ0n) is 9.10. The normalized spacial score (nSPS) is 17.0. The molecule has 0 bridgehead atoms. The van der Waals surface area contributed by atoms with Crippen LogP contribution in [0.3, 0.4) is 0 Å². The van der Waals surface area contributed by atoms with Crippen LogP contribution in [0.15, 0.2) is 24.3 Å². The average Bonchev–Trinajstić information content (AvgIpc) is 3.00. The summed E-state index contributed by atoms with van der Waals surface area (Å²) in [6, 6.07) is 6.95. The van der Waals surface area contributed by atoms with Gasteiger partial charge >= 0.3 is 5.97 Å². The molecule has 0 aliphatic heterocycles. The molecule has 1 aliphatic carbocycles. The molecular formula is C13H16O3. The second kappa shape index (κ2) is 4.56. The van der Waals surface area contributed by atoms with Gasteiger partial charge < -0.3 is 10.2 Å². The molecule has 0 saturated heterocycles. The molecule has 1 unspecified atom stereocenters. The number of phenolic OH excluding ortho intramolecular Hbond substituents is 1. The summed E-state index contributed by atoms with van der Waals surface area (Å²) in [6.07, 6.45) is 3.51. The zero-order chi connectivity index (χ0) is 11.5. The van der Waals surface area contributed by atoms with Crippen LogP contribution in [0.2, 0.25) is 0 Å². The summed E-state index contributed by atoms with van der Waals surface area (Å²) >= 11 is 0. The second-order valence-corrected chi connectivity index (χ2v) is 4.57. The van der Waals surface area contributed by atoms with Gasteiger partial charge in [-0.05, 0) is 36.0 Å². The van der Waals surface area contributed by atoms with Crippen molar-refractivity contribution in [1.82, 2.24) is 0 Å². The number of aromatic hydroxyl groups is 1. The average molecular weight is 220 g/mol. The summed E-state index contributed by atoms with van der Waals surface area (Å²) in [5, 5.41) is 18.3. The summed E-state index contributed by atoms with van der Waals surface area (Å²) in [5.41, 5.74) is 0.939. The van der Waals surface area contributed by atoms with E-state index in [0.29, 0.717) is 5.92 Å². The molecule has 0 aromatic heterocycles. The first-order chi connectivity index (χ1) is 7.65. The number of phenols is 1. The minimum atomic E-state index is -0.769. The van der Waals surface area contributed by atoms with Crippen LogP contribution in [0.1, 0.15) is 37.2 Å². The number of hydrogen-bond acceptors (Lipinski definition) is 2. The van der Waals surface area contributed by atoms with Gasteiger partial charge in [-0.25, -0.2) is 0 Å². The number of carboxylic acid groups (broad SMARTS) is 1. The van der Waals surface area contributed by atoms with Gasteiger partial charge in [0.25, 0.3) is 0 Å². The second-order valence-electron chi connectivity index (χ2n) is 4.57. The fourth-order valence-electron chi connectivity index (χ4n) is 2.08. The number of carbonyl (C=O) groups is 1. The highest BCUT2D eigenvalue weighted by atomic mass is 16.4. The molecule has 1 aromatic carbocycles. The van der Waals surface area contributed by atoms with Crippen LogP contribution in [-0.2, 0) is 4.79 Å². The molecule has 3 nitrogen and oxygen atoms in total. The van der Waals surface area contributed by atoms with Crippen molar-refractivity contribution in [3.05, 3.63) is 29.8 Å². The first kappa shape index (κ1) is 11.0. The van der Waals surface area contributed by atoms with E-state index in [4.69, 9.17) is 5.11 Å². The topological polar surface area (TPSA) is 57.5 Å². The van der Waals surface area contributed by atoms with E-state index in [1.54, 1.807) is 18.2 Å². The van der Waals surface area contributed by atoms with Crippen LogP contribution in [0, 0.1) is 5.92 Å². The molecule has 0 radical (unpaired) electrons. The Morgan fingerprint density at radius 2 is 2.19 bits per heavy atom. The number of rotatable bonds is 5. The lowest BCUT2D eigenvalue weighted by atomic mass is 9.90. The molecule has 0 amide bonds. The molecular weight excluding hydrogens is 204 g/mol. The highest BCUT2D eigenvalue weighted by molar-refractivity contribution is 5.68. The first-order valence-electron chi connectivity index (χ1n) is 5.66. The van der Waals surface area contributed by atoms with Crippen LogP contribution >= 0.6 is 0 Å². The van der Waals surface area contributed by atoms with Crippen molar-refractivity contribution in [3.8, 4) is 5.75 Å².